The monoisotopic (exact) mass is 314 g/mol. The maximum atomic E-state index is 7.50. The average Bonchev–Trinajstić information content (AvgIpc) is 1.86. The van der Waals surface area contributed by atoms with Gasteiger partial charge in [-0.25, -0.2) is 0 Å². The average molecular weight is 315 g/mol. The zero-order chi connectivity index (χ0) is 12.7. The predicted octanol–water partition coefficient (Wildman–Crippen LogP) is 3.67. The molecule has 0 fully saturated rings. The van der Waals surface area contributed by atoms with Crippen LogP contribution < -0.4 is 0 Å². The van der Waals surface area contributed by atoms with Crippen molar-refractivity contribution in [1.82, 2.24) is 0 Å². The number of carbonyl (C=O) groups excluding carboxylic acids is 1. The van der Waals surface area contributed by atoms with E-state index in [9.17, 15) is 0 Å². The summed E-state index contributed by atoms with van der Waals surface area (Å²) in [5, 5.41) is 0. The summed E-state index contributed by atoms with van der Waals surface area (Å²) in [7, 11) is 1.14. The Kier molecular flexibility index (Phi) is 59.0. The van der Waals surface area contributed by atoms with Crippen LogP contribution in [0.2, 0.25) is 0 Å². The van der Waals surface area contributed by atoms with Gasteiger partial charge in [-0.15, -0.1) is 23.8 Å². The van der Waals surface area contributed by atoms with Crippen LogP contribution in [0.15, 0.2) is 0 Å². The third-order valence-corrected chi connectivity index (χ3v) is 0. The molecule has 0 spiro atoms. The van der Waals surface area contributed by atoms with Gasteiger partial charge in [-0.3, -0.25) is 4.79 Å². The van der Waals surface area contributed by atoms with Gasteiger partial charge in [-0.2, -0.15) is 0 Å². The van der Waals surface area contributed by atoms with Crippen LogP contribution >= 0.6 is 23.8 Å². The summed E-state index contributed by atoms with van der Waals surface area (Å²) in [5.41, 5.74) is 0. The first kappa shape index (κ1) is 30.0. The van der Waals surface area contributed by atoms with Crippen molar-refractivity contribution in [2.75, 3.05) is 60.0 Å². The third-order valence-electron chi connectivity index (χ3n) is 0. The van der Waals surface area contributed by atoms with E-state index in [4.69, 9.17) is 4.79 Å². The van der Waals surface area contributed by atoms with E-state index in [-0.39, 0.29) is 16.5 Å². The number of hydrogen-bond acceptors (Lipinski definition) is 1. The normalized spacial score (nSPS) is 7.47. The Hall–Kier alpha value is 1.45. The summed E-state index contributed by atoms with van der Waals surface area (Å²) in [6, 6.07) is 0. The van der Waals surface area contributed by atoms with E-state index in [0.717, 1.165) is 0 Å². The van der Waals surface area contributed by atoms with E-state index in [1.165, 1.54) is 0 Å². The Morgan fingerprint density at radius 1 is 0.533 bits per heavy atom. The van der Waals surface area contributed by atoms with Gasteiger partial charge < -0.3 is 0 Å². The van der Waals surface area contributed by atoms with Crippen molar-refractivity contribution >= 4 is 30.6 Å². The van der Waals surface area contributed by atoms with Crippen LogP contribution in [-0.2, 0) is 21.3 Å². The second-order valence-corrected chi connectivity index (χ2v) is 12.1. The van der Waals surface area contributed by atoms with Crippen LogP contribution in [0, 0.1) is 0 Å². The Balaban J connectivity index is -0.0000000298. The van der Waals surface area contributed by atoms with Crippen LogP contribution in [0.1, 0.15) is 0 Å². The quantitative estimate of drug-likeness (QED) is 0.492. The Morgan fingerprint density at radius 2 is 0.533 bits per heavy atom. The van der Waals surface area contributed by atoms with Gasteiger partial charge in [0.2, 0.25) is 0 Å². The standard InChI is InChI=1S/3C3H9P.CO.Ni/c3*1-4(2)3;1-2;/h3*1-3H3;;. The molecule has 2 radical (unpaired) electrons. The molecule has 0 saturated heterocycles. The van der Waals surface area contributed by atoms with E-state index in [2.05, 4.69) is 66.8 Å². The van der Waals surface area contributed by atoms with Gasteiger partial charge in [0.25, 0.3) is 6.79 Å². The molecule has 0 amide bonds. The molecule has 0 aliphatic heterocycles. The molecule has 0 aliphatic rings. The largest absolute Gasteiger partial charge is 0.281 e. The fraction of sp³-hybridized carbons (Fsp3) is 0.900. The summed E-state index contributed by atoms with van der Waals surface area (Å²) < 4.78 is 0. The van der Waals surface area contributed by atoms with Crippen LogP contribution in [0.4, 0.5) is 0 Å². The zero-order valence-electron chi connectivity index (χ0n) is 11.6. The van der Waals surface area contributed by atoms with Gasteiger partial charge in [0, 0.05) is 16.5 Å². The molecule has 0 heterocycles. The molecule has 0 unspecified atom stereocenters. The van der Waals surface area contributed by atoms with Gasteiger partial charge in [0.15, 0.2) is 0 Å². The zero-order valence-corrected chi connectivity index (χ0v) is 15.2. The first-order chi connectivity index (χ1) is 6.20. The molecule has 15 heavy (non-hydrogen) atoms. The second-order valence-electron chi connectivity index (χ2n) is 4.02. The predicted molar refractivity (Wildman–Crippen MR) is 79.8 cm³/mol. The van der Waals surface area contributed by atoms with Crippen LogP contribution in [0.5, 0.6) is 0 Å². The molecule has 0 aromatic rings. The number of hydrogen-bond donors (Lipinski definition) is 0. The maximum Gasteiger partial charge on any atom is 0.281 e. The summed E-state index contributed by atoms with van der Waals surface area (Å²) in [6.07, 6.45) is 0. The molecule has 0 atom stereocenters. The van der Waals surface area contributed by atoms with Crippen LogP contribution in [-0.4, -0.2) is 66.8 Å². The summed E-state index contributed by atoms with van der Waals surface area (Å²) in [4.78, 5) is 7.50. The van der Waals surface area contributed by atoms with E-state index in [1.807, 2.05) is 0 Å². The minimum absolute atomic E-state index is 0. The summed E-state index contributed by atoms with van der Waals surface area (Å²) in [5.74, 6) is 0. The molecule has 0 rings (SSSR count). The molecule has 0 bridgehead atoms. The van der Waals surface area contributed by atoms with Gasteiger partial charge in [0.1, 0.15) is 0 Å². The molecule has 0 aliphatic carbocycles. The fourth-order valence-electron chi connectivity index (χ4n) is 0. The Bertz CT molecular complexity index is 58.5. The second kappa shape index (κ2) is 29.5. The van der Waals surface area contributed by atoms with Crippen molar-refractivity contribution in [3.63, 3.8) is 0 Å². The van der Waals surface area contributed by atoms with Crippen molar-refractivity contribution in [2.45, 2.75) is 0 Å². The Morgan fingerprint density at radius 3 is 0.533 bits per heavy atom. The SMILES string of the molecule is CP(C)C.CP(C)C.CP(C)C.[C]=O.[Ni]. The van der Waals surface area contributed by atoms with Crippen molar-refractivity contribution in [1.29, 1.82) is 0 Å². The summed E-state index contributed by atoms with van der Waals surface area (Å²) >= 11 is 0. The third kappa shape index (κ3) is 1320. The van der Waals surface area contributed by atoms with Gasteiger partial charge in [-0.1, -0.05) is 0 Å². The van der Waals surface area contributed by atoms with E-state index in [0.29, 0.717) is 23.8 Å². The molecule has 0 saturated carbocycles. The minimum atomic E-state index is 0. The molecular formula is C10H27NiOP3. The van der Waals surface area contributed by atoms with E-state index in [1.54, 1.807) is 0 Å². The molecule has 98 valence electrons. The van der Waals surface area contributed by atoms with E-state index >= 15 is 0 Å². The molecular weight excluding hydrogens is 288 g/mol. The van der Waals surface area contributed by atoms with Crippen LogP contribution in [0.25, 0.3) is 0 Å². The van der Waals surface area contributed by atoms with Crippen molar-refractivity contribution < 1.29 is 21.3 Å². The molecule has 0 aromatic heterocycles. The van der Waals surface area contributed by atoms with Gasteiger partial charge >= 0.3 is 0 Å². The fourth-order valence-corrected chi connectivity index (χ4v) is 0. The Labute approximate surface area is 112 Å². The van der Waals surface area contributed by atoms with Crippen molar-refractivity contribution in [3.05, 3.63) is 0 Å². The smallest absolute Gasteiger partial charge is 0.281 e. The minimum Gasteiger partial charge on any atom is -0.281 e. The maximum absolute atomic E-state index is 7.50. The summed E-state index contributed by atoms with van der Waals surface area (Å²) in [6.45, 7) is 24.6. The molecule has 1 nitrogen and oxygen atoms in total. The van der Waals surface area contributed by atoms with Crippen molar-refractivity contribution in [2.24, 2.45) is 0 Å². The van der Waals surface area contributed by atoms with Crippen LogP contribution in [0.3, 0.4) is 0 Å². The molecule has 5 heteroatoms. The topological polar surface area (TPSA) is 17.1 Å². The van der Waals surface area contributed by atoms with Crippen molar-refractivity contribution in [3.8, 4) is 0 Å². The van der Waals surface area contributed by atoms with Gasteiger partial charge in [-0.05, 0) is 60.0 Å². The first-order valence-corrected chi connectivity index (χ1v) is 12.3. The first-order valence-electron chi connectivity index (χ1n) is 4.23. The van der Waals surface area contributed by atoms with Gasteiger partial charge in [0.05, 0.1) is 0 Å². The van der Waals surface area contributed by atoms with E-state index < -0.39 is 0 Å². The molecule has 0 aromatic carbocycles. The number of rotatable bonds is 0. The molecule has 0 N–H and O–H groups in total.